The van der Waals surface area contributed by atoms with Gasteiger partial charge < -0.3 is 24.4 Å². The molecule has 0 aliphatic heterocycles. The highest BCUT2D eigenvalue weighted by molar-refractivity contribution is 5.69. The molecule has 0 saturated heterocycles. The van der Waals surface area contributed by atoms with Crippen molar-refractivity contribution in [2.24, 2.45) is 0 Å². The van der Waals surface area contributed by atoms with E-state index >= 15 is 0 Å². The summed E-state index contributed by atoms with van der Waals surface area (Å²) in [6.07, 6.45) is -1.82. The number of methoxy groups -OCH3 is 3. The number of ether oxygens (including phenoxy) is 3. The standard InChI is InChI=1S/C11H16N2O6/c1-17-8(15)4-7(14)9(16)6-5-12-11(19-3)13-10(6)18-2/h5,7,9,14,16H,4H2,1-3H3. The summed E-state index contributed by atoms with van der Waals surface area (Å²) in [6.45, 7) is 0. The lowest BCUT2D eigenvalue weighted by Crippen LogP contribution is -2.23. The van der Waals surface area contributed by atoms with E-state index in [-0.39, 0.29) is 23.9 Å². The zero-order chi connectivity index (χ0) is 14.4. The number of esters is 1. The minimum atomic E-state index is -1.38. The van der Waals surface area contributed by atoms with Gasteiger partial charge in [0, 0.05) is 6.20 Å². The molecule has 2 unspecified atom stereocenters. The van der Waals surface area contributed by atoms with Crippen molar-refractivity contribution in [3.05, 3.63) is 11.8 Å². The van der Waals surface area contributed by atoms with Crippen LogP contribution in [-0.2, 0) is 9.53 Å². The van der Waals surface area contributed by atoms with Crippen LogP contribution in [0.25, 0.3) is 0 Å². The zero-order valence-corrected chi connectivity index (χ0v) is 10.9. The Bertz CT molecular complexity index is 439. The number of hydrogen-bond donors (Lipinski definition) is 2. The molecule has 0 bridgehead atoms. The van der Waals surface area contributed by atoms with Crippen molar-refractivity contribution >= 4 is 5.97 Å². The number of aliphatic hydroxyl groups is 2. The Hall–Kier alpha value is -1.93. The van der Waals surface area contributed by atoms with E-state index in [1.807, 2.05) is 0 Å². The summed E-state index contributed by atoms with van der Waals surface area (Å²) in [5, 5.41) is 19.7. The normalized spacial score (nSPS) is 13.5. The molecular weight excluding hydrogens is 256 g/mol. The third kappa shape index (κ3) is 3.76. The van der Waals surface area contributed by atoms with Gasteiger partial charge >= 0.3 is 12.0 Å². The van der Waals surface area contributed by atoms with Crippen LogP contribution in [0.3, 0.4) is 0 Å². The molecule has 1 aromatic rings. The average molecular weight is 272 g/mol. The lowest BCUT2D eigenvalue weighted by Gasteiger charge is -2.18. The molecule has 0 spiro atoms. The van der Waals surface area contributed by atoms with E-state index < -0.39 is 18.2 Å². The van der Waals surface area contributed by atoms with Gasteiger partial charge in [-0.15, -0.1) is 0 Å². The first kappa shape index (κ1) is 15.1. The van der Waals surface area contributed by atoms with Crippen LogP contribution >= 0.6 is 0 Å². The molecule has 0 aliphatic carbocycles. The first-order valence-electron chi connectivity index (χ1n) is 5.41. The van der Waals surface area contributed by atoms with Crippen LogP contribution in [-0.4, -0.2) is 53.6 Å². The molecule has 106 valence electrons. The Morgan fingerprint density at radius 3 is 2.53 bits per heavy atom. The molecule has 19 heavy (non-hydrogen) atoms. The van der Waals surface area contributed by atoms with E-state index in [1.165, 1.54) is 27.5 Å². The molecule has 0 saturated carbocycles. The van der Waals surface area contributed by atoms with Gasteiger partial charge in [0.2, 0.25) is 5.88 Å². The first-order valence-corrected chi connectivity index (χ1v) is 5.41. The Balaban J connectivity index is 2.91. The van der Waals surface area contributed by atoms with Gasteiger partial charge in [0.15, 0.2) is 0 Å². The molecule has 2 N–H and O–H groups in total. The van der Waals surface area contributed by atoms with E-state index in [1.54, 1.807) is 0 Å². The van der Waals surface area contributed by atoms with Gasteiger partial charge in [-0.2, -0.15) is 4.98 Å². The van der Waals surface area contributed by atoms with E-state index in [0.29, 0.717) is 0 Å². The molecule has 0 aromatic carbocycles. The van der Waals surface area contributed by atoms with Crippen molar-refractivity contribution in [3.8, 4) is 11.9 Å². The Morgan fingerprint density at radius 1 is 1.32 bits per heavy atom. The molecule has 2 atom stereocenters. The van der Waals surface area contributed by atoms with E-state index in [2.05, 4.69) is 14.7 Å². The van der Waals surface area contributed by atoms with Gasteiger partial charge in [-0.1, -0.05) is 0 Å². The molecular formula is C11H16N2O6. The molecule has 1 rings (SSSR count). The van der Waals surface area contributed by atoms with Gasteiger partial charge in [0.1, 0.15) is 6.10 Å². The van der Waals surface area contributed by atoms with Crippen LogP contribution in [0.1, 0.15) is 18.1 Å². The van der Waals surface area contributed by atoms with E-state index in [9.17, 15) is 15.0 Å². The summed E-state index contributed by atoms with van der Waals surface area (Å²) in [5.41, 5.74) is 0.153. The fraction of sp³-hybridized carbons (Fsp3) is 0.545. The van der Waals surface area contributed by atoms with Crippen LogP contribution in [0.5, 0.6) is 11.9 Å². The van der Waals surface area contributed by atoms with Crippen molar-refractivity contribution in [1.82, 2.24) is 9.97 Å². The number of nitrogens with zero attached hydrogens (tertiary/aromatic N) is 2. The minimum Gasteiger partial charge on any atom is -0.481 e. The van der Waals surface area contributed by atoms with Gasteiger partial charge in [-0.05, 0) is 0 Å². The predicted octanol–water partition coefficient (Wildman–Crippen LogP) is -0.549. The molecule has 0 amide bonds. The number of aromatic nitrogens is 2. The fourth-order valence-electron chi connectivity index (χ4n) is 1.40. The number of carbonyl (C=O) groups is 1. The van der Waals surface area contributed by atoms with Gasteiger partial charge in [-0.3, -0.25) is 4.79 Å². The van der Waals surface area contributed by atoms with Crippen molar-refractivity contribution in [2.45, 2.75) is 18.6 Å². The Morgan fingerprint density at radius 2 is 2.00 bits per heavy atom. The second-order valence-corrected chi connectivity index (χ2v) is 3.61. The maximum atomic E-state index is 11.0. The highest BCUT2D eigenvalue weighted by Gasteiger charge is 2.26. The summed E-state index contributed by atoms with van der Waals surface area (Å²) in [7, 11) is 3.93. The van der Waals surface area contributed by atoms with Crippen molar-refractivity contribution < 1.29 is 29.2 Å². The Labute approximate surface area is 110 Å². The summed E-state index contributed by atoms with van der Waals surface area (Å²) in [4.78, 5) is 18.7. The molecule has 0 aliphatic rings. The second-order valence-electron chi connectivity index (χ2n) is 3.61. The van der Waals surface area contributed by atoms with Crippen molar-refractivity contribution in [3.63, 3.8) is 0 Å². The summed E-state index contributed by atoms with van der Waals surface area (Å²) in [5.74, 6) is -0.580. The smallest absolute Gasteiger partial charge is 0.319 e. The topological polar surface area (TPSA) is 111 Å². The predicted molar refractivity (Wildman–Crippen MR) is 62.7 cm³/mol. The van der Waals surface area contributed by atoms with E-state index in [4.69, 9.17) is 9.47 Å². The maximum absolute atomic E-state index is 11.0. The number of aliphatic hydroxyl groups excluding tert-OH is 2. The molecule has 8 nitrogen and oxygen atoms in total. The van der Waals surface area contributed by atoms with Crippen molar-refractivity contribution in [2.75, 3.05) is 21.3 Å². The highest BCUT2D eigenvalue weighted by Crippen LogP contribution is 2.27. The van der Waals surface area contributed by atoms with Crippen LogP contribution in [0, 0.1) is 0 Å². The quantitative estimate of drug-likeness (QED) is 0.664. The molecule has 1 heterocycles. The van der Waals surface area contributed by atoms with Crippen LogP contribution in [0.4, 0.5) is 0 Å². The van der Waals surface area contributed by atoms with Crippen LogP contribution in [0.2, 0.25) is 0 Å². The molecule has 8 heteroatoms. The van der Waals surface area contributed by atoms with Crippen LogP contribution < -0.4 is 9.47 Å². The lowest BCUT2D eigenvalue weighted by atomic mass is 10.0. The minimum absolute atomic E-state index is 0.0586. The SMILES string of the molecule is COC(=O)CC(O)C(O)c1cnc(OC)nc1OC. The summed E-state index contributed by atoms with van der Waals surface area (Å²) >= 11 is 0. The number of rotatable bonds is 6. The zero-order valence-electron chi connectivity index (χ0n) is 10.9. The summed E-state index contributed by atoms with van der Waals surface area (Å²) in [6, 6.07) is 0.0651. The highest BCUT2D eigenvalue weighted by atomic mass is 16.5. The average Bonchev–Trinajstić information content (AvgIpc) is 2.45. The first-order chi connectivity index (χ1) is 9.03. The summed E-state index contributed by atoms with van der Waals surface area (Å²) < 4.78 is 14.2. The molecule has 0 fully saturated rings. The Kier molecular flexibility index (Phi) is 5.46. The molecule has 1 aromatic heterocycles. The van der Waals surface area contributed by atoms with Gasteiger partial charge in [0.05, 0.1) is 39.4 Å². The van der Waals surface area contributed by atoms with Crippen molar-refractivity contribution in [1.29, 1.82) is 0 Å². The third-order valence-electron chi connectivity index (χ3n) is 2.42. The number of carbonyl (C=O) groups excluding carboxylic acids is 1. The second kappa shape index (κ2) is 6.86. The monoisotopic (exact) mass is 272 g/mol. The fourth-order valence-corrected chi connectivity index (χ4v) is 1.40. The molecule has 0 radical (unpaired) electrons. The van der Waals surface area contributed by atoms with Gasteiger partial charge in [-0.25, -0.2) is 4.98 Å². The van der Waals surface area contributed by atoms with E-state index in [0.717, 1.165) is 0 Å². The lowest BCUT2D eigenvalue weighted by molar-refractivity contribution is -0.144. The van der Waals surface area contributed by atoms with Crippen LogP contribution in [0.15, 0.2) is 6.20 Å². The number of hydrogen-bond acceptors (Lipinski definition) is 8. The maximum Gasteiger partial charge on any atom is 0.319 e. The largest absolute Gasteiger partial charge is 0.481 e. The van der Waals surface area contributed by atoms with Gasteiger partial charge in [0.25, 0.3) is 0 Å². The third-order valence-corrected chi connectivity index (χ3v) is 2.42.